The normalized spacial score (nSPS) is 16.4. The first-order valence-electron chi connectivity index (χ1n) is 4.66. The summed E-state index contributed by atoms with van der Waals surface area (Å²) in [5.74, 6) is 0. The third-order valence-corrected chi connectivity index (χ3v) is 1.91. The molecule has 2 atom stereocenters. The molecular formula is C9H22N2. The van der Waals surface area contributed by atoms with E-state index in [9.17, 15) is 0 Å². The van der Waals surface area contributed by atoms with Crippen molar-refractivity contribution in [3.8, 4) is 0 Å². The first-order valence-corrected chi connectivity index (χ1v) is 4.66. The van der Waals surface area contributed by atoms with E-state index in [1.54, 1.807) is 0 Å². The minimum Gasteiger partial charge on any atom is -0.329 e. The number of hydrogen-bond acceptors (Lipinski definition) is 2. The highest BCUT2D eigenvalue weighted by atomic mass is 14.9. The van der Waals surface area contributed by atoms with Crippen LogP contribution >= 0.6 is 0 Å². The van der Waals surface area contributed by atoms with Crippen LogP contribution in [0.3, 0.4) is 0 Å². The number of hydrogen-bond donors (Lipinski definition) is 2. The second-order valence-corrected chi connectivity index (χ2v) is 3.35. The monoisotopic (exact) mass is 158 g/mol. The van der Waals surface area contributed by atoms with Crippen LogP contribution in [0.1, 0.15) is 40.0 Å². The predicted molar refractivity (Wildman–Crippen MR) is 50.6 cm³/mol. The summed E-state index contributed by atoms with van der Waals surface area (Å²) in [5, 5.41) is 3.44. The molecule has 0 radical (unpaired) electrons. The van der Waals surface area contributed by atoms with E-state index >= 15 is 0 Å². The Hall–Kier alpha value is -0.0800. The van der Waals surface area contributed by atoms with E-state index in [4.69, 9.17) is 5.73 Å². The van der Waals surface area contributed by atoms with Gasteiger partial charge in [-0.1, -0.05) is 19.8 Å². The van der Waals surface area contributed by atoms with Gasteiger partial charge < -0.3 is 11.1 Å². The molecule has 0 fully saturated rings. The first kappa shape index (κ1) is 10.9. The Kier molecular flexibility index (Phi) is 6.57. The molecule has 0 saturated carbocycles. The smallest absolute Gasteiger partial charge is 0.0164 e. The Labute approximate surface area is 70.5 Å². The Morgan fingerprint density at radius 1 is 1.27 bits per heavy atom. The van der Waals surface area contributed by atoms with Gasteiger partial charge in [-0.25, -0.2) is 0 Å². The van der Waals surface area contributed by atoms with Gasteiger partial charge in [0, 0.05) is 18.6 Å². The fourth-order valence-electron chi connectivity index (χ4n) is 1.15. The van der Waals surface area contributed by atoms with E-state index in [2.05, 4.69) is 26.1 Å². The van der Waals surface area contributed by atoms with Crippen LogP contribution in [0.2, 0.25) is 0 Å². The van der Waals surface area contributed by atoms with Crippen molar-refractivity contribution in [2.45, 2.75) is 52.1 Å². The summed E-state index contributed by atoms with van der Waals surface area (Å²) >= 11 is 0. The highest BCUT2D eigenvalue weighted by Gasteiger charge is 2.03. The van der Waals surface area contributed by atoms with Gasteiger partial charge in [0.25, 0.3) is 0 Å². The topological polar surface area (TPSA) is 38.0 Å². The SMILES string of the molecule is CCCCC(C)NC(C)CN. The van der Waals surface area contributed by atoms with E-state index in [-0.39, 0.29) is 0 Å². The Bertz CT molecular complexity index is 83.6. The zero-order valence-corrected chi connectivity index (χ0v) is 8.06. The van der Waals surface area contributed by atoms with Crippen LogP contribution < -0.4 is 11.1 Å². The zero-order valence-electron chi connectivity index (χ0n) is 8.06. The fraction of sp³-hybridized carbons (Fsp3) is 1.00. The lowest BCUT2D eigenvalue weighted by Crippen LogP contribution is -2.39. The molecule has 3 N–H and O–H groups in total. The quantitative estimate of drug-likeness (QED) is 0.615. The molecule has 2 unspecified atom stereocenters. The maximum Gasteiger partial charge on any atom is 0.0164 e. The molecule has 0 rings (SSSR count). The van der Waals surface area contributed by atoms with Gasteiger partial charge in [0.1, 0.15) is 0 Å². The van der Waals surface area contributed by atoms with Crippen molar-refractivity contribution < 1.29 is 0 Å². The highest BCUT2D eigenvalue weighted by Crippen LogP contribution is 1.99. The van der Waals surface area contributed by atoms with Crippen LogP contribution in [0.15, 0.2) is 0 Å². The van der Waals surface area contributed by atoms with Crippen molar-refractivity contribution in [1.82, 2.24) is 5.32 Å². The Morgan fingerprint density at radius 2 is 1.91 bits per heavy atom. The van der Waals surface area contributed by atoms with E-state index in [1.165, 1.54) is 19.3 Å². The Balaban J connectivity index is 3.27. The van der Waals surface area contributed by atoms with Gasteiger partial charge >= 0.3 is 0 Å². The largest absolute Gasteiger partial charge is 0.329 e. The molecule has 2 nitrogen and oxygen atoms in total. The average molecular weight is 158 g/mol. The van der Waals surface area contributed by atoms with Crippen LogP contribution in [0.25, 0.3) is 0 Å². The second-order valence-electron chi connectivity index (χ2n) is 3.35. The summed E-state index contributed by atoms with van der Waals surface area (Å²) in [6.45, 7) is 7.31. The molecule has 0 aromatic heterocycles. The maximum atomic E-state index is 5.49. The second kappa shape index (κ2) is 6.62. The molecule has 0 aliphatic rings. The maximum absolute atomic E-state index is 5.49. The molecular weight excluding hydrogens is 136 g/mol. The van der Waals surface area contributed by atoms with Gasteiger partial charge in [-0.2, -0.15) is 0 Å². The average Bonchev–Trinajstić information content (AvgIpc) is 2.00. The lowest BCUT2D eigenvalue weighted by molar-refractivity contribution is 0.440. The molecule has 0 heterocycles. The van der Waals surface area contributed by atoms with E-state index < -0.39 is 0 Å². The standard InChI is InChI=1S/C9H22N2/c1-4-5-6-8(2)11-9(3)7-10/h8-9,11H,4-7,10H2,1-3H3. The number of rotatable bonds is 6. The number of nitrogens with two attached hydrogens (primary N) is 1. The highest BCUT2D eigenvalue weighted by molar-refractivity contribution is 4.67. The summed E-state index contributed by atoms with van der Waals surface area (Å²) in [7, 11) is 0. The lowest BCUT2D eigenvalue weighted by Gasteiger charge is -2.17. The third-order valence-electron chi connectivity index (χ3n) is 1.91. The number of unbranched alkanes of at least 4 members (excludes halogenated alkanes) is 1. The molecule has 68 valence electrons. The molecule has 0 spiro atoms. The van der Waals surface area contributed by atoms with Crippen molar-refractivity contribution in [3.05, 3.63) is 0 Å². The van der Waals surface area contributed by atoms with E-state index in [0.717, 1.165) is 6.54 Å². The third kappa shape index (κ3) is 6.32. The van der Waals surface area contributed by atoms with Crippen molar-refractivity contribution in [3.63, 3.8) is 0 Å². The van der Waals surface area contributed by atoms with Gasteiger partial charge in [-0.05, 0) is 20.3 Å². The predicted octanol–water partition coefficient (Wildman–Crippen LogP) is 1.50. The van der Waals surface area contributed by atoms with Gasteiger partial charge in [0.2, 0.25) is 0 Å². The van der Waals surface area contributed by atoms with Crippen molar-refractivity contribution >= 4 is 0 Å². The molecule has 2 heteroatoms. The van der Waals surface area contributed by atoms with E-state index in [1.807, 2.05) is 0 Å². The van der Waals surface area contributed by atoms with Gasteiger partial charge in [-0.15, -0.1) is 0 Å². The van der Waals surface area contributed by atoms with Crippen LogP contribution in [0.5, 0.6) is 0 Å². The van der Waals surface area contributed by atoms with Crippen LogP contribution in [-0.2, 0) is 0 Å². The summed E-state index contributed by atoms with van der Waals surface area (Å²) in [6.07, 6.45) is 3.86. The molecule has 0 aromatic carbocycles. The van der Waals surface area contributed by atoms with Gasteiger partial charge in [0.05, 0.1) is 0 Å². The number of nitrogens with one attached hydrogen (secondary N) is 1. The van der Waals surface area contributed by atoms with Crippen molar-refractivity contribution in [2.24, 2.45) is 5.73 Å². The minimum absolute atomic E-state index is 0.460. The van der Waals surface area contributed by atoms with Crippen LogP contribution in [0.4, 0.5) is 0 Å². The molecule has 11 heavy (non-hydrogen) atoms. The van der Waals surface area contributed by atoms with Crippen molar-refractivity contribution in [2.75, 3.05) is 6.54 Å². The van der Waals surface area contributed by atoms with E-state index in [0.29, 0.717) is 12.1 Å². The molecule has 0 amide bonds. The molecule has 0 saturated heterocycles. The molecule has 0 aliphatic heterocycles. The summed E-state index contributed by atoms with van der Waals surface area (Å²) < 4.78 is 0. The fourth-order valence-corrected chi connectivity index (χ4v) is 1.15. The van der Waals surface area contributed by atoms with Gasteiger partial charge in [0.15, 0.2) is 0 Å². The molecule has 0 bridgehead atoms. The molecule has 0 aromatic rings. The Morgan fingerprint density at radius 3 is 2.36 bits per heavy atom. The minimum atomic E-state index is 0.460. The molecule has 0 aliphatic carbocycles. The van der Waals surface area contributed by atoms with Crippen LogP contribution in [0, 0.1) is 0 Å². The van der Waals surface area contributed by atoms with Crippen molar-refractivity contribution in [1.29, 1.82) is 0 Å². The zero-order chi connectivity index (χ0) is 8.69. The van der Waals surface area contributed by atoms with Crippen LogP contribution in [-0.4, -0.2) is 18.6 Å². The summed E-state index contributed by atoms with van der Waals surface area (Å²) in [5.41, 5.74) is 5.49. The van der Waals surface area contributed by atoms with Gasteiger partial charge in [-0.3, -0.25) is 0 Å². The summed E-state index contributed by atoms with van der Waals surface area (Å²) in [4.78, 5) is 0. The lowest BCUT2D eigenvalue weighted by atomic mass is 10.1. The summed E-state index contributed by atoms with van der Waals surface area (Å²) in [6, 6.07) is 1.08. The first-order chi connectivity index (χ1) is 5.20.